The Morgan fingerprint density at radius 2 is 1.76 bits per heavy atom. The van der Waals surface area contributed by atoms with Crippen molar-refractivity contribution in [3.8, 4) is 0 Å². The van der Waals surface area contributed by atoms with E-state index in [4.69, 9.17) is 4.74 Å². The van der Waals surface area contributed by atoms with Crippen molar-refractivity contribution in [2.45, 2.75) is 20.0 Å². The maximum Gasteiger partial charge on any atom is 0.416 e. The number of carbonyl (C=O) groups is 2. The summed E-state index contributed by atoms with van der Waals surface area (Å²) >= 11 is 0. The summed E-state index contributed by atoms with van der Waals surface area (Å²) < 4.78 is 42.8. The molecule has 7 heteroatoms. The highest BCUT2D eigenvalue weighted by atomic mass is 19.4. The first-order valence-corrected chi connectivity index (χ1v) is 7.39. The summed E-state index contributed by atoms with van der Waals surface area (Å²) in [6.45, 7) is 3.00. The zero-order valence-electron chi connectivity index (χ0n) is 13.6. The second-order valence-electron chi connectivity index (χ2n) is 5.45. The van der Waals surface area contributed by atoms with E-state index >= 15 is 0 Å². The molecule has 0 aliphatic rings. The molecule has 132 valence electrons. The zero-order valence-corrected chi connectivity index (χ0v) is 13.6. The number of ether oxygens (including phenoxy) is 1. The maximum atomic E-state index is 12.6. The normalized spacial score (nSPS) is 11.1. The first-order chi connectivity index (χ1) is 11.7. The van der Waals surface area contributed by atoms with E-state index in [1.165, 1.54) is 12.1 Å². The summed E-state index contributed by atoms with van der Waals surface area (Å²) in [5, 5.41) is 2.27. The number of anilines is 1. The fraction of sp³-hybridized carbons (Fsp3) is 0.222. The van der Waals surface area contributed by atoms with Crippen molar-refractivity contribution in [3.05, 3.63) is 64.7 Å². The second kappa shape index (κ2) is 7.38. The minimum Gasteiger partial charge on any atom is -0.452 e. The van der Waals surface area contributed by atoms with E-state index in [9.17, 15) is 22.8 Å². The number of hydrogen-bond acceptors (Lipinski definition) is 3. The van der Waals surface area contributed by atoms with E-state index in [-0.39, 0.29) is 5.69 Å². The quantitative estimate of drug-likeness (QED) is 0.843. The van der Waals surface area contributed by atoms with Crippen molar-refractivity contribution in [2.75, 3.05) is 11.9 Å². The second-order valence-corrected chi connectivity index (χ2v) is 5.45. The van der Waals surface area contributed by atoms with Crippen LogP contribution in [0.15, 0.2) is 42.5 Å². The van der Waals surface area contributed by atoms with Crippen molar-refractivity contribution < 1.29 is 27.5 Å². The zero-order chi connectivity index (χ0) is 18.6. The van der Waals surface area contributed by atoms with Crippen molar-refractivity contribution in [1.29, 1.82) is 0 Å². The number of benzene rings is 2. The summed E-state index contributed by atoms with van der Waals surface area (Å²) in [4.78, 5) is 23.8. The molecule has 0 atom stereocenters. The van der Waals surface area contributed by atoms with Gasteiger partial charge in [-0.3, -0.25) is 4.79 Å². The summed E-state index contributed by atoms with van der Waals surface area (Å²) in [7, 11) is 0. The molecule has 2 aromatic rings. The van der Waals surface area contributed by atoms with Gasteiger partial charge in [0, 0.05) is 5.69 Å². The van der Waals surface area contributed by atoms with Crippen LogP contribution < -0.4 is 5.32 Å². The monoisotopic (exact) mass is 351 g/mol. The molecule has 2 rings (SSSR count). The molecule has 1 amide bonds. The standard InChI is InChI=1S/C18H16F3NO3/c1-11-5-3-8-15(12(11)2)17(24)25-10-16(23)22-14-7-4-6-13(9-14)18(19,20)21/h3-9H,10H2,1-2H3,(H,22,23). The van der Waals surface area contributed by atoms with E-state index in [1.807, 2.05) is 13.0 Å². The largest absolute Gasteiger partial charge is 0.452 e. The minimum absolute atomic E-state index is 0.0254. The van der Waals surface area contributed by atoms with Crippen LogP contribution in [0.4, 0.5) is 18.9 Å². The molecular formula is C18H16F3NO3. The number of rotatable bonds is 4. The van der Waals surface area contributed by atoms with Crippen LogP contribution in [-0.2, 0) is 15.7 Å². The number of aryl methyl sites for hydroxylation is 1. The van der Waals surface area contributed by atoms with Crippen LogP contribution in [0.5, 0.6) is 0 Å². The SMILES string of the molecule is Cc1cccc(C(=O)OCC(=O)Nc2cccc(C(F)(F)F)c2)c1C. The van der Waals surface area contributed by atoms with E-state index in [0.717, 1.165) is 23.3 Å². The fourth-order valence-corrected chi connectivity index (χ4v) is 2.15. The average Bonchev–Trinajstić information content (AvgIpc) is 2.54. The fourth-order valence-electron chi connectivity index (χ4n) is 2.15. The smallest absolute Gasteiger partial charge is 0.416 e. The lowest BCUT2D eigenvalue weighted by Gasteiger charge is -2.11. The summed E-state index contributed by atoms with van der Waals surface area (Å²) in [5.74, 6) is -1.39. The summed E-state index contributed by atoms with van der Waals surface area (Å²) in [5.41, 5.74) is 1.08. The Morgan fingerprint density at radius 3 is 2.44 bits per heavy atom. The topological polar surface area (TPSA) is 55.4 Å². The highest BCUT2D eigenvalue weighted by Crippen LogP contribution is 2.30. The minimum atomic E-state index is -4.50. The van der Waals surface area contributed by atoms with Gasteiger partial charge in [0.25, 0.3) is 5.91 Å². The van der Waals surface area contributed by atoms with Gasteiger partial charge in [0.05, 0.1) is 11.1 Å². The predicted molar refractivity (Wildman–Crippen MR) is 86.3 cm³/mol. The van der Waals surface area contributed by atoms with Crippen LogP contribution in [0, 0.1) is 13.8 Å². The molecule has 0 spiro atoms. The molecule has 0 aliphatic carbocycles. The van der Waals surface area contributed by atoms with Gasteiger partial charge < -0.3 is 10.1 Å². The van der Waals surface area contributed by atoms with Crippen molar-refractivity contribution >= 4 is 17.6 Å². The average molecular weight is 351 g/mol. The van der Waals surface area contributed by atoms with Crippen LogP contribution in [-0.4, -0.2) is 18.5 Å². The molecule has 4 nitrogen and oxygen atoms in total. The molecule has 0 heterocycles. The molecule has 0 aromatic heterocycles. The van der Waals surface area contributed by atoms with Crippen LogP contribution in [0.1, 0.15) is 27.0 Å². The first kappa shape index (κ1) is 18.5. The lowest BCUT2D eigenvalue weighted by molar-refractivity contribution is -0.137. The highest BCUT2D eigenvalue weighted by Gasteiger charge is 2.30. The molecule has 0 bridgehead atoms. The van der Waals surface area contributed by atoms with Gasteiger partial charge >= 0.3 is 12.1 Å². The molecule has 0 unspecified atom stereocenters. The lowest BCUT2D eigenvalue weighted by atomic mass is 10.0. The molecule has 0 radical (unpaired) electrons. The number of halogens is 3. The summed E-state index contributed by atoms with van der Waals surface area (Å²) in [6, 6.07) is 9.32. The van der Waals surface area contributed by atoms with Gasteiger partial charge in [0.2, 0.25) is 0 Å². The number of esters is 1. The Bertz CT molecular complexity index is 800. The van der Waals surface area contributed by atoms with Crippen molar-refractivity contribution in [1.82, 2.24) is 0 Å². The Labute approximate surface area is 142 Å². The molecule has 0 fully saturated rings. The van der Waals surface area contributed by atoms with Crippen LogP contribution in [0.25, 0.3) is 0 Å². The van der Waals surface area contributed by atoms with Gasteiger partial charge in [0.1, 0.15) is 0 Å². The van der Waals surface area contributed by atoms with Gasteiger partial charge in [-0.25, -0.2) is 4.79 Å². The Kier molecular flexibility index (Phi) is 5.46. The van der Waals surface area contributed by atoms with Crippen LogP contribution in [0.2, 0.25) is 0 Å². The summed E-state index contributed by atoms with van der Waals surface area (Å²) in [6.07, 6.45) is -4.50. The Balaban J connectivity index is 1.97. The lowest BCUT2D eigenvalue weighted by Crippen LogP contribution is -2.21. The third-order valence-electron chi connectivity index (χ3n) is 3.63. The molecular weight excluding hydrogens is 335 g/mol. The molecule has 0 aliphatic heterocycles. The highest BCUT2D eigenvalue weighted by molar-refractivity contribution is 5.96. The number of hydrogen-bond donors (Lipinski definition) is 1. The molecule has 1 N–H and O–H groups in total. The molecule has 25 heavy (non-hydrogen) atoms. The number of carbonyl (C=O) groups excluding carboxylic acids is 2. The Morgan fingerprint density at radius 1 is 1.08 bits per heavy atom. The number of alkyl halides is 3. The van der Waals surface area contributed by atoms with Gasteiger partial charge in [-0.15, -0.1) is 0 Å². The molecule has 2 aromatic carbocycles. The van der Waals surface area contributed by atoms with Crippen LogP contribution in [0.3, 0.4) is 0 Å². The molecule has 0 saturated heterocycles. The third kappa shape index (κ3) is 4.82. The van der Waals surface area contributed by atoms with Crippen molar-refractivity contribution in [2.24, 2.45) is 0 Å². The molecule has 0 saturated carbocycles. The van der Waals surface area contributed by atoms with E-state index in [1.54, 1.807) is 19.1 Å². The maximum absolute atomic E-state index is 12.6. The van der Waals surface area contributed by atoms with Crippen LogP contribution >= 0.6 is 0 Å². The van der Waals surface area contributed by atoms with E-state index < -0.39 is 30.2 Å². The first-order valence-electron chi connectivity index (χ1n) is 7.39. The Hall–Kier alpha value is -2.83. The predicted octanol–water partition coefficient (Wildman–Crippen LogP) is 4.12. The number of amides is 1. The van der Waals surface area contributed by atoms with Gasteiger partial charge in [0.15, 0.2) is 6.61 Å². The van der Waals surface area contributed by atoms with E-state index in [2.05, 4.69) is 5.32 Å². The third-order valence-corrected chi connectivity index (χ3v) is 3.63. The van der Waals surface area contributed by atoms with Gasteiger partial charge in [-0.1, -0.05) is 18.2 Å². The van der Waals surface area contributed by atoms with Gasteiger partial charge in [-0.05, 0) is 49.2 Å². The number of nitrogens with one attached hydrogen (secondary N) is 1. The van der Waals surface area contributed by atoms with Crippen molar-refractivity contribution in [3.63, 3.8) is 0 Å². The van der Waals surface area contributed by atoms with Gasteiger partial charge in [-0.2, -0.15) is 13.2 Å². The van der Waals surface area contributed by atoms with E-state index in [0.29, 0.717) is 5.56 Å².